The number of hydrogen-bond acceptors (Lipinski definition) is 7. The van der Waals surface area contributed by atoms with Crippen molar-refractivity contribution in [3.05, 3.63) is 0 Å². The quantitative estimate of drug-likeness (QED) is 0.718. The zero-order chi connectivity index (χ0) is 15.3. The van der Waals surface area contributed by atoms with Crippen molar-refractivity contribution in [3.8, 4) is 0 Å². The second kappa shape index (κ2) is 5.42. The van der Waals surface area contributed by atoms with Crippen molar-refractivity contribution in [2.24, 2.45) is 0 Å². The smallest absolute Gasteiger partial charge is 0.190 e. The second-order valence-corrected chi connectivity index (χ2v) is 6.47. The van der Waals surface area contributed by atoms with E-state index in [9.17, 15) is 0 Å². The molecule has 5 atom stereocenters. The Morgan fingerprint density at radius 1 is 1.00 bits per heavy atom. The van der Waals surface area contributed by atoms with Crippen LogP contribution in [-0.4, -0.2) is 62.8 Å². The van der Waals surface area contributed by atoms with Gasteiger partial charge in [-0.15, -0.1) is 0 Å². The molecule has 3 rings (SSSR count). The molecule has 3 aliphatic heterocycles. The van der Waals surface area contributed by atoms with Crippen LogP contribution in [0.4, 0.5) is 0 Å². The van der Waals surface area contributed by atoms with Gasteiger partial charge in [0.2, 0.25) is 0 Å². The maximum atomic E-state index is 5.98. The monoisotopic (exact) mass is 304 g/mol. The first-order valence-corrected chi connectivity index (χ1v) is 7.25. The summed E-state index contributed by atoms with van der Waals surface area (Å²) in [5.41, 5.74) is 0. The summed E-state index contributed by atoms with van der Waals surface area (Å²) in [6, 6.07) is 0. The molecule has 122 valence electrons. The highest BCUT2D eigenvalue weighted by Crippen LogP contribution is 2.41. The Morgan fingerprint density at radius 2 is 1.76 bits per heavy atom. The lowest BCUT2D eigenvalue weighted by Crippen LogP contribution is -2.44. The molecule has 0 spiro atoms. The molecule has 0 aromatic carbocycles. The SMILES string of the molecule is COCO[C@@H]1[C@H]2OC(C)(C)O[C@H]2O[C@@H]1[C@H]1COC(C)(C)O1. The largest absolute Gasteiger partial charge is 0.359 e. The van der Waals surface area contributed by atoms with Crippen molar-refractivity contribution in [1.29, 1.82) is 0 Å². The minimum absolute atomic E-state index is 0.161. The van der Waals surface area contributed by atoms with Crippen LogP contribution in [0, 0.1) is 0 Å². The van der Waals surface area contributed by atoms with Crippen molar-refractivity contribution >= 4 is 0 Å². The van der Waals surface area contributed by atoms with E-state index < -0.39 is 17.9 Å². The van der Waals surface area contributed by atoms with Gasteiger partial charge in [0, 0.05) is 7.11 Å². The van der Waals surface area contributed by atoms with E-state index in [0.717, 1.165) is 0 Å². The zero-order valence-electron chi connectivity index (χ0n) is 13.2. The number of fused-ring (bicyclic) bond motifs is 1. The van der Waals surface area contributed by atoms with E-state index in [1.54, 1.807) is 7.11 Å². The molecule has 0 bridgehead atoms. The van der Waals surface area contributed by atoms with E-state index in [1.807, 2.05) is 27.7 Å². The summed E-state index contributed by atoms with van der Waals surface area (Å²) in [5, 5.41) is 0. The molecule has 0 saturated carbocycles. The molecule has 3 saturated heterocycles. The van der Waals surface area contributed by atoms with E-state index in [0.29, 0.717) is 6.61 Å². The van der Waals surface area contributed by atoms with Gasteiger partial charge in [-0.25, -0.2) is 0 Å². The summed E-state index contributed by atoms with van der Waals surface area (Å²) in [7, 11) is 1.58. The van der Waals surface area contributed by atoms with Crippen LogP contribution >= 0.6 is 0 Å². The van der Waals surface area contributed by atoms with E-state index in [-0.39, 0.29) is 31.2 Å². The van der Waals surface area contributed by atoms with Gasteiger partial charge in [0.05, 0.1) is 6.61 Å². The molecular weight excluding hydrogens is 280 g/mol. The van der Waals surface area contributed by atoms with Crippen molar-refractivity contribution in [1.82, 2.24) is 0 Å². The Balaban J connectivity index is 1.72. The summed E-state index contributed by atoms with van der Waals surface area (Å²) in [6.45, 7) is 8.08. The molecule has 0 amide bonds. The number of hydrogen-bond donors (Lipinski definition) is 0. The van der Waals surface area contributed by atoms with E-state index in [4.69, 9.17) is 33.2 Å². The fourth-order valence-corrected chi connectivity index (χ4v) is 3.02. The summed E-state index contributed by atoms with van der Waals surface area (Å²) >= 11 is 0. The summed E-state index contributed by atoms with van der Waals surface area (Å²) in [4.78, 5) is 0. The first-order valence-electron chi connectivity index (χ1n) is 7.25. The number of rotatable bonds is 4. The highest BCUT2D eigenvalue weighted by molar-refractivity contribution is 4.98. The Morgan fingerprint density at radius 3 is 2.38 bits per heavy atom. The molecule has 0 unspecified atom stereocenters. The molecule has 3 heterocycles. The van der Waals surface area contributed by atoms with Gasteiger partial charge in [-0.2, -0.15) is 0 Å². The molecule has 3 aliphatic rings. The lowest BCUT2D eigenvalue weighted by Gasteiger charge is -2.28. The maximum Gasteiger partial charge on any atom is 0.190 e. The summed E-state index contributed by atoms with van der Waals surface area (Å²) in [6.07, 6.45) is -1.61. The number of ether oxygens (including phenoxy) is 7. The molecule has 0 aromatic rings. The summed E-state index contributed by atoms with van der Waals surface area (Å²) in [5.74, 6) is -1.29. The van der Waals surface area contributed by atoms with Crippen LogP contribution in [0.25, 0.3) is 0 Å². The molecule has 3 fully saturated rings. The average molecular weight is 304 g/mol. The lowest BCUT2D eigenvalue weighted by atomic mass is 10.1. The predicted molar refractivity (Wildman–Crippen MR) is 70.4 cm³/mol. The van der Waals surface area contributed by atoms with Crippen molar-refractivity contribution in [3.63, 3.8) is 0 Å². The fourth-order valence-electron chi connectivity index (χ4n) is 3.02. The molecule has 0 aliphatic carbocycles. The average Bonchev–Trinajstić information content (AvgIpc) is 2.96. The minimum Gasteiger partial charge on any atom is -0.359 e. The van der Waals surface area contributed by atoms with Gasteiger partial charge in [-0.1, -0.05) is 0 Å². The van der Waals surface area contributed by atoms with Crippen molar-refractivity contribution in [2.75, 3.05) is 20.5 Å². The van der Waals surface area contributed by atoms with Crippen LogP contribution in [0.2, 0.25) is 0 Å². The Bertz CT molecular complexity index is 384. The highest BCUT2D eigenvalue weighted by atomic mass is 16.9. The van der Waals surface area contributed by atoms with Gasteiger partial charge < -0.3 is 33.2 Å². The van der Waals surface area contributed by atoms with Crippen LogP contribution < -0.4 is 0 Å². The Kier molecular flexibility index (Phi) is 4.03. The van der Waals surface area contributed by atoms with Gasteiger partial charge in [-0.3, -0.25) is 0 Å². The topological polar surface area (TPSA) is 64.6 Å². The lowest BCUT2D eigenvalue weighted by molar-refractivity contribution is -0.241. The van der Waals surface area contributed by atoms with Crippen LogP contribution in [0.15, 0.2) is 0 Å². The third-order valence-electron chi connectivity index (χ3n) is 3.80. The minimum atomic E-state index is -0.679. The normalized spacial score (nSPS) is 44.1. The van der Waals surface area contributed by atoms with Gasteiger partial charge in [0.1, 0.15) is 31.2 Å². The fraction of sp³-hybridized carbons (Fsp3) is 1.00. The Labute approximate surface area is 124 Å². The van der Waals surface area contributed by atoms with Crippen LogP contribution in [0.3, 0.4) is 0 Å². The summed E-state index contributed by atoms with van der Waals surface area (Å²) < 4.78 is 39.9. The zero-order valence-corrected chi connectivity index (χ0v) is 13.2. The van der Waals surface area contributed by atoms with E-state index in [1.165, 1.54) is 0 Å². The molecule has 0 aromatic heterocycles. The van der Waals surface area contributed by atoms with Gasteiger partial charge >= 0.3 is 0 Å². The van der Waals surface area contributed by atoms with Gasteiger partial charge in [-0.05, 0) is 27.7 Å². The standard InChI is InChI=1S/C14H24O7/c1-13(2)17-6-8(19-13)9-10(16-7-15-5)11-12(18-9)21-14(3,4)20-11/h8-12H,6-7H2,1-5H3/t8-,9-,10+,11-,12-/m1/s1. The second-order valence-electron chi connectivity index (χ2n) is 6.47. The third-order valence-corrected chi connectivity index (χ3v) is 3.80. The molecule has 21 heavy (non-hydrogen) atoms. The van der Waals surface area contributed by atoms with Crippen LogP contribution in [-0.2, 0) is 33.2 Å². The molecule has 0 radical (unpaired) electrons. The first-order chi connectivity index (χ1) is 9.81. The van der Waals surface area contributed by atoms with Crippen LogP contribution in [0.1, 0.15) is 27.7 Å². The highest BCUT2D eigenvalue weighted by Gasteiger charge is 2.58. The van der Waals surface area contributed by atoms with E-state index >= 15 is 0 Å². The van der Waals surface area contributed by atoms with Gasteiger partial charge in [0.15, 0.2) is 17.9 Å². The van der Waals surface area contributed by atoms with E-state index in [2.05, 4.69) is 0 Å². The molecule has 7 heteroatoms. The molecule has 7 nitrogen and oxygen atoms in total. The van der Waals surface area contributed by atoms with Crippen LogP contribution in [0.5, 0.6) is 0 Å². The first kappa shape index (κ1) is 15.6. The van der Waals surface area contributed by atoms with Crippen molar-refractivity contribution < 1.29 is 33.2 Å². The predicted octanol–water partition coefficient (Wildman–Crippen LogP) is 1.00. The number of methoxy groups -OCH3 is 1. The molecule has 0 N–H and O–H groups in total. The molecular formula is C14H24O7. The van der Waals surface area contributed by atoms with Gasteiger partial charge in [0.25, 0.3) is 0 Å². The maximum absolute atomic E-state index is 5.98. The Hall–Kier alpha value is -0.280. The third kappa shape index (κ3) is 3.10. The van der Waals surface area contributed by atoms with Crippen molar-refractivity contribution in [2.45, 2.75) is 70.0 Å².